The van der Waals surface area contributed by atoms with E-state index in [0.717, 1.165) is 19.8 Å². The Bertz CT molecular complexity index is 498. The number of hydrogen-bond acceptors (Lipinski definition) is 3. The molecule has 0 N–H and O–H groups in total. The Balaban J connectivity index is 1.57. The summed E-state index contributed by atoms with van der Waals surface area (Å²) in [6, 6.07) is 9.62. The van der Waals surface area contributed by atoms with E-state index in [2.05, 4.69) is 55.1 Å². The highest BCUT2D eigenvalue weighted by Gasteiger charge is 2.35. The maximum absolute atomic E-state index is 5.56. The summed E-state index contributed by atoms with van der Waals surface area (Å²) in [4.78, 5) is 4.91. The van der Waals surface area contributed by atoms with E-state index < -0.39 is 0 Å². The summed E-state index contributed by atoms with van der Waals surface area (Å²) >= 11 is 0. The quantitative estimate of drug-likeness (QED) is 0.842. The van der Waals surface area contributed by atoms with Crippen LogP contribution in [0.15, 0.2) is 24.3 Å². The topological polar surface area (TPSA) is 15.7 Å². The summed E-state index contributed by atoms with van der Waals surface area (Å²) in [6.07, 6.45) is 5.25. The number of rotatable bonds is 4. The summed E-state index contributed by atoms with van der Waals surface area (Å²) in [6.45, 7) is 7.81. The molecule has 1 aromatic rings. The van der Waals surface area contributed by atoms with Crippen molar-refractivity contribution in [3.63, 3.8) is 0 Å². The van der Waals surface area contributed by atoms with Crippen molar-refractivity contribution in [3.05, 3.63) is 35.4 Å². The molecule has 2 aliphatic rings. The molecule has 1 unspecified atom stereocenters. The Hall–Kier alpha value is -0.900. The van der Waals surface area contributed by atoms with Gasteiger partial charge in [-0.25, -0.2) is 0 Å². The maximum Gasteiger partial charge on any atom is 0.0471 e. The summed E-state index contributed by atoms with van der Waals surface area (Å²) in [5, 5.41) is 0. The van der Waals surface area contributed by atoms with Crippen LogP contribution in [0, 0.1) is 5.41 Å². The Labute approximate surface area is 141 Å². The van der Waals surface area contributed by atoms with Gasteiger partial charge in [-0.2, -0.15) is 0 Å². The van der Waals surface area contributed by atoms with Crippen LogP contribution in [0.5, 0.6) is 0 Å². The lowest BCUT2D eigenvalue weighted by atomic mass is 9.72. The van der Waals surface area contributed by atoms with Crippen molar-refractivity contribution in [2.75, 3.05) is 40.4 Å². The van der Waals surface area contributed by atoms with Crippen LogP contribution in [0.3, 0.4) is 0 Å². The van der Waals surface area contributed by atoms with Crippen LogP contribution in [0.4, 0.5) is 0 Å². The van der Waals surface area contributed by atoms with Crippen molar-refractivity contribution in [1.29, 1.82) is 0 Å². The second-order valence-electron chi connectivity index (χ2n) is 7.77. The molecular formula is C20H32N2O. The van der Waals surface area contributed by atoms with Gasteiger partial charge in [0, 0.05) is 25.8 Å². The number of likely N-dealkylation sites (tertiary alicyclic amines) is 1. The van der Waals surface area contributed by atoms with E-state index >= 15 is 0 Å². The number of piperidine rings is 1. The lowest BCUT2D eigenvalue weighted by Gasteiger charge is -2.44. The third kappa shape index (κ3) is 4.14. The molecule has 1 spiro atoms. The highest BCUT2D eigenvalue weighted by atomic mass is 16.5. The van der Waals surface area contributed by atoms with E-state index in [1.165, 1.54) is 49.9 Å². The predicted molar refractivity (Wildman–Crippen MR) is 95.5 cm³/mol. The monoisotopic (exact) mass is 316 g/mol. The molecule has 2 aliphatic heterocycles. The van der Waals surface area contributed by atoms with Crippen LogP contribution >= 0.6 is 0 Å². The summed E-state index contributed by atoms with van der Waals surface area (Å²) in [7, 11) is 4.30. The number of hydrogen-bond donors (Lipinski definition) is 0. The molecule has 3 heteroatoms. The summed E-state index contributed by atoms with van der Waals surface area (Å²) in [5.41, 5.74) is 3.47. The van der Waals surface area contributed by atoms with Crippen LogP contribution in [-0.4, -0.2) is 50.2 Å². The normalized spacial score (nSPS) is 23.3. The van der Waals surface area contributed by atoms with E-state index in [4.69, 9.17) is 4.74 Å². The summed E-state index contributed by atoms with van der Waals surface area (Å²) in [5.74, 6) is 0. The fraction of sp³-hybridized carbons (Fsp3) is 0.700. The van der Waals surface area contributed by atoms with E-state index in [1.807, 2.05) is 0 Å². The molecule has 2 fully saturated rings. The average Bonchev–Trinajstić information content (AvgIpc) is 2.57. The lowest BCUT2D eigenvalue weighted by molar-refractivity contribution is -0.0218. The molecule has 23 heavy (non-hydrogen) atoms. The van der Waals surface area contributed by atoms with Crippen molar-refractivity contribution in [2.24, 2.45) is 5.41 Å². The van der Waals surface area contributed by atoms with E-state index in [-0.39, 0.29) is 0 Å². The van der Waals surface area contributed by atoms with Gasteiger partial charge in [0.2, 0.25) is 0 Å². The van der Waals surface area contributed by atoms with Gasteiger partial charge in [-0.3, -0.25) is 4.90 Å². The Morgan fingerprint density at radius 3 is 2.48 bits per heavy atom. The molecule has 3 rings (SSSR count). The molecular weight excluding hydrogens is 284 g/mol. The SMILES string of the molecule is CC(c1cccc(CN2CCC3(CCOCC3)CC2)c1)N(C)C. The van der Waals surface area contributed by atoms with Crippen molar-refractivity contribution in [3.8, 4) is 0 Å². The third-order valence-corrected chi connectivity index (χ3v) is 6.08. The Kier molecular flexibility index (Phi) is 5.40. The van der Waals surface area contributed by atoms with Gasteiger partial charge in [0.25, 0.3) is 0 Å². The molecule has 1 aromatic carbocycles. The first kappa shape index (κ1) is 16.9. The zero-order valence-corrected chi connectivity index (χ0v) is 15.1. The molecule has 0 bridgehead atoms. The first-order chi connectivity index (χ1) is 11.1. The predicted octanol–water partition coefficient (Wildman–Crippen LogP) is 3.70. The van der Waals surface area contributed by atoms with Gasteiger partial charge in [0.05, 0.1) is 0 Å². The van der Waals surface area contributed by atoms with E-state index in [9.17, 15) is 0 Å². The molecule has 128 valence electrons. The summed E-state index contributed by atoms with van der Waals surface area (Å²) < 4.78 is 5.56. The maximum atomic E-state index is 5.56. The smallest absolute Gasteiger partial charge is 0.0471 e. The van der Waals surface area contributed by atoms with Crippen molar-refractivity contribution in [2.45, 2.75) is 45.2 Å². The highest BCUT2D eigenvalue weighted by molar-refractivity contribution is 5.25. The molecule has 0 saturated carbocycles. The van der Waals surface area contributed by atoms with Gasteiger partial charge in [0.1, 0.15) is 0 Å². The van der Waals surface area contributed by atoms with E-state index in [0.29, 0.717) is 11.5 Å². The molecule has 0 radical (unpaired) electrons. The number of ether oxygens (including phenoxy) is 1. The number of benzene rings is 1. The third-order valence-electron chi connectivity index (χ3n) is 6.08. The first-order valence-electron chi connectivity index (χ1n) is 9.13. The molecule has 2 heterocycles. The second kappa shape index (κ2) is 7.33. The molecule has 1 atom stereocenters. The van der Waals surface area contributed by atoms with E-state index in [1.54, 1.807) is 0 Å². The highest BCUT2D eigenvalue weighted by Crippen LogP contribution is 2.40. The lowest BCUT2D eigenvalue weighted by Crippen LogP contribution is -2.42. The van der Waals surface area contributed by atoms with Crippen molar-refractivity contribution < 1.29 is 4.74 Å². The Morgan fingerprint density at radius 2 is 1.83 bits per heavy atom. The average molecular weight is 316 g/mol. The first-order valence-corrected chi connectivity index (χ1v) is 9.13. The van der Waals surface area contributed by atoms with Gasteiger partial charge in [-0.05, 0) is 76.3 Å². The van der Waals surface area contributed by atoms with Crippen LogP contribution in [0.25, 0.3) is 0 Å². The minimum atomic E-state index is 0.474. The fourth-order valence-electron chi connectivity index (χ4n) is 4.00. The zero-order valence-electron chi connectivity index (χ0n) is 15.1. The standard InChI is InChI=1S/C20H32N2O/c1-17(21(2)3)19-6-4-5-18(15-19)16-22-11-7-20(8-12-22)9-13-23-14-10-20/h4-6,15,17H,7-14,16H2,1-3H3. The van der Waals surface area contributed by atoms with Gasteiger partial charge in [0.15, 0.2) is 0 Å². The number of nitrogens with zero attached hydrogens (tertiary/aromatic N) is 2. The fourth-order valence-corrected chi connectivity index (χ4v) is 4.00. The minimum absolute atomic E-state index is 0.474. The van der Waals surface area contributed by atoms with Crippen LogP contribution in [0.1, 0.15) is 49.8 Å². The van der Waals surface area contributed by atoms with Crippen molar-refractivity contribution in [1.82, 2.24) is 9.80 Å². The Morgan fingerprint density at radius 1 is 1.13 bits per heavy atom. The van der Waals surface area contributed by atoms with Crippen LogP contribution < -0.4 is 0 Å². The molecule has 0 aromatic heterocycles. The molecule has 2 saturated heterocycles. The zero-order chi connectivity index (χ0) is 16.3. The largest absolute Gasteiger partial charge is 0.381 e. The van der Waals surface area contributed by atoms with Gasteiger partial charge >= 0.3 is 0 Å². The molecule has 3 nitrogen and oxygen atoms in total. The van der Waals surface area contributed by atoms with Crippen LogP contribution in [0.2, 0.25) is 0 Å². The van der Waals surface area contributed by atoms with Crippen LogP contribution in [-0.2, 0) is 11.3 Å². The molecule has 0 amide bonds. The van der Waals surface area contributed by atoms with Gasteiger partial charge < -0.3 is 9.64 Å². The van der Waals surface area contributed by atoms with Gasteiger partial charge in [-0.1, -0.05) is 24.3 Å². The molecule has 0 aliphatic carbocycles. The minimum Gasteiger partial charge on any atom is -0.381 e. The van der Waals surface area contributed by atoms with Gasteiger partial charge in [-0.15, -0.1) is 0 Å². The second-order valence-corrected chi connectivity index (χ2v) is 7.77. The van der Waals surface area contributed by atoms with Crippen molar-refractivity contribution >= 4 is 0 Å².